The molecule has 204 valence electrons. The average Bonchev–Trinajstić information content (AvgIpc) is 2.83. The van der Waals surface area contributed by atoms with Crippen LogP contribution in [-0.2, 0) is 11.0 Å². The van der Waals surface area contributed by atoms with E-state index in [1.54, 1.807) is 19.1 Å². The molecule has 1 fully saturated rings. The molecule has 3 rings (SSSR count). The highest BCUT2D eigenvalue weighted by molar-refractivity contribution is 6.88. The van der Waals surface area contributed by atoms with Gasteiger partial charge in [0, 0.05) is 12.1 Å². The number of benzene rings is 2. The second-order valence-electron chi connectivity index (χ2n) is 12.1. The topological polar surface area (TPSA) is 40.5 Å². The van der Waals surface area contributed by atoms with E-state index in [1.807, 2.05) is 0 Å². The van der Waals surface area contributed by atoms with Gasteiger partial charge in [-0.25, -0.2) is 0 Å². The van der Waals surface area contributed by atoms with Crippen LogP contribution in [0.2, 0.25) is 19.6 Å². The van der Waals surface area contributed by atoms with Gasteiger partial charge in [-0.15, -0.1) is 0 Å². The molecule has 0 aromatic heterocycles. The standard InChI is InChI=1S/C30H42F3NO2Si/c1-20(2)7-16-27(22-8-12-25(13-9-22)30(31,32)33)34-18-17-24(21(3)29(35)36)19-28(34)23-10-14-26(15-11-23)37(4,5)6/h8-15,20-21,24,27-28H,7,16-19H2,1-6H3,(H,35,36). The molecular formula is C30H42F3NO2Si. The lowest BCUT2D eigenvalue weighted by molar-refractivity contribution is -0.144. The summed E-state index contributed by atoms with van der Waals surface area (Å²) in [6.07, 6.45) is -1.09. The van der Waals surface area contributed by atoms with Crippen molar-refractivity contribution in [2.75, 3.05) is 6.54 Å². The van der Waals surface area contributed by atoms with Gasteiger partial charge in [0.25, 0.3) is 0 Å². The zero-order chi connectivity index (χ0) is 27.5. The van der Waals surface area contributed by atoms with E-state index < -0.39 is 31.7 Å². The number of aliphatic carboxylic acids is 1. The van der Waals surface area contributed by atoms with Crippen LogP contribution in [0.25, 0.3) is 0 Å². The van der Waals surface area contributed by atoms with Crippen LogP contribution in [0, 0.1) is 17.8 Å². The highest BCUT2D eigenvalue weighted by Gasteiger charge is 2.38. The Morgan fingerprint density at radius 3 is 2.08 bits per heavy atom. The van der Waals surface area contributed by atoms with E-state index in [-0.39, 0.29) is 18.0 Å². The lowest BCUT2D eigenvalue weighted by Crippen LogP contribution is -2.42. The molecule has 1 N–H and O–H groups in total. The van der Waals surface area contributed by atoms with Gasteiger partial charge < -0.3 is 5.11 Å². The number of carboxylic acid groups (broad SMARTS) is 1. The first-order chi connectivity index (χ1) is 17.2. The van der Waals surface area contributed by atoms with Crippen LogP contribution in [0.1, 0.15) is 75.2 Å². The Morgan fingerprint density at radius 1 is 1.00 bits per heavy atom. The highest BCUT2D eigenvalue weighted by Crippen LogP contribution is 2.44. The maximum absolute atomic E-state index is 13.3. The van der Waals surface area contributed by atoms with Crippen molar-refractivity contribution in [2.45, 2.75) is 84.4 Å². The molecule has 0 amide bonds. The van der Waals surface area contributed by atoms with E-state index in [4.69, 9.17) is 0 Å². The Kier molecular flexibility index (Phi) is 9.33. The molecule has 2 aromatic carbocycles. The van der Waals surface area contributed by atoms with E-state index in [2.05, 4.69) is 62.7 Å². The quantitative estimate of drug-likeness (QED) is 0.333. The smallest absolute Gasteiger partial charge is 0.416 e. The predicted molar refractivity (Wildman–Crippen MR) is 147 cm³/mol. The second kappa shape index (κ2) is 11.7. The molecule has 1 heterocycles. The zero-order valence-electron chi connectivity index (χ0n) is 23.0. The average molecular weight is 534 g/mol. The number of carboxylic acids is 1. The minimum absolute atomic E-state index is 0.00990. The fourth-order valence-electron chi connectivity index (χ4n) is 5.48. The number of nitrogens with zero attached hydrogens (tertiary/aromatic N) is 1. The number of likely N-dealkylation sites (tertiary alicyclic amines) is 1. The van der Waals surface area contributed by atoms with Crippen molar-refractivity contribution < 1.29 is 23.1 Å². The number of piperidine rings is 1. The summed E-state index contributed by atoms with van der Waals surface area (Å²) in [5, 5.41) is 11.1. The van der Waals surface area contributed by atoms with Crippen LogP contribution in [0.3, 0.4) is 0 Å². The molecule has 0 bridgehead atoms. The van der Waals surface area contributed by atoms with Crippen LogP contribution >= 0.6 is 0 Å². The third-order valence-electron chi connectivity index (χ3n) is 7.98. The molecule has 0 aliphatic carbocycles. The summed E-state index contributed by atoms with van der Waals surface area (Å²) in [4.78, 5) is 14.3. The van der Waals surface area contributed by atoms with Crippen LogP contribution in [0.15, 0.2) is 48.5 Å². The van der Waals surface area contributed by atoms with Gasteiger partial charge in [-0.3, -0.25) is 9.69 Å². The van der Waals surface area contributed by atoms with E-state index in [1.165, 1.54) is 17.3 Å². The molecule has 0 saturated carbocycles. The largest absolute Gasteiger partial charge is 0.481 e. The molecule has 4 unspecified atom stereocenters. The highest BCUT2D eigenvalue weighted by atomic mass is 28.3. The summed E-state index contributed by atoms with van der Waals surface area (Å²) >= 11 is 0. The van der Waals surface area contributed by atoms with Crippen LogP contribution in [-0.4, -0.2) is 30.6 Å². The summed E-state index contributed by atoms with van der Waals surface area (Å²) < 4.78 is 39.8. The predicted octanol–water partition coefficient (Wildman–Crippen LogP) is 7.90. The van der Waals surface area contributed by atoms with Crippen molar-refractivity contribution in [3.05, 3.63) is 65.2 Å². The van der Waals surface area contributed by atoms with Crippen molar-refractivity contribution in [1.82, 2.24) is 4.90 Å². The maximum atomic E-state index is 13.3. The normalized spacial score (nSPS) is 21.1. The minimum atomic E-state index is -4.36. The zero-order valence-corrected chi connectivity index (χ0v) is 24.0. The Bertz CT molecular complexity index is 1030. The minimum Gasteiger partial charge on any atom is -0.481 e. The molecule has 4 atom stereocenters. The number of rotatable bonds is 9. The first kappa shape index (κ1) is 29.4. The summed E-state index contributed by atoms with van der Waals surface area (Å²) in [5.74, 6) is -0.693. The van der Waals surface area contributed by atoms with Crippen LogP contribution in [0.5, 0.6) is 0 Å². The molecule has 3 nitrogen and oxygen atoms in total. The maximum Gasteiger partial charge on any atom is 0.416 e. The summed E-state index contributed by atoms with van der Waals surface area (Å²) in [6.45, 7) is 13.8. The van der Waals surface area contributed by atoms with Gasteiger partial charge in [0.2, 0.25) is 0 Å². The van der Waals surface area contributed by atoms with Gasteiger partial charge >= 0.3 is 12.1 Å². The van der Waals surface area contributed by atoms with E-state index >= 15 is 0 Å². The first-order valence-corrected chi connectivity index (χ1v) is 16.9. The SMILES string of the molecule is CC(C)CCC(c1ccc(C(F)(F)F)cc1)N1CCC(C(C)C(=O)O)CC1c1ccc([Si](C)(C)C)cc1. The first-order valence-electron chi connectivity index (χ1n) is 13.4. The molecule has 1 saturated heterocycles. The number of alkyl halides is 3. The molecule has 1 aliphatic heterocycles. The van der Waals surface area contributed by atoms with Crippen molar-refractivity contribution in [1.29, 1.82) is 0 Å². The number of hydrogen-bond donors (Lipinski definition) is 1. The lowest BCUT2D eigenvalue weighted by atomic mass is 9.78. The van der Waals surface area contributed by atoms with Gasteiger partial charge in [-0.05, 0) is 67.3 Å². The Hall–Kier alpha value is -2.12. The van der Waals surface area contributed by atoms with Gasteiger partial charge in [0.15, 0.2) is 0 Å². The van der Waals surface area contributed by atoms with Gasteiger partial charge in [-0.1, -0.05) is 82.0 Å². The second-order valence-corrected chi connectivity index (χ2v) is 17.2. The van der Waals surface area contributed by atoms with E-state index in [0.717, 1.165) is 36.8 Å². The van der Waals surface area contributed by atoms with Gasteiger partial charge in [0.05, 0.1) is 19.6 Å². The van der Waals surface area contributed by atoms with E-state index in [0.29, 0.717) is 12.5 Å². The Labute approximate surface area is 221 Å². The van der Waals surface area contributed by atoms with Gasteiger partial charge in [0.1, 0.15) is 0 Å². The van der Waals surface area contributed by atoms with Gasteiger partial charge in [-0.2, -0.15) is 13.2 Å². The number of carbonyl (C=O) groups is 1. The molecule has 37 heavy (non-hydrogen) atoms. The molecule has 0 radical (unpaired) electrons. The molecule has 0 spiro atoms. The van der Waals surface area contributed by atoms with Crippen LogP contribution < -0.4 is 5.19 Å². The fourth-order valence-corrected chi connectivity index (χ4v) is 6.65. The lowest BCUT2D eigenvalue weighted by Gasteiger charge is -2.45. The Balaban J connectivity index is 2.02. The van der Waals surface area contributed by atoms with Crippen molar-refractivity contribution in [3.63, 3.8) is 0 Å². The van der Waals surface area contributed by atoms with Crippen LogP contribution in [0.4, 0.5) is 13.2 Å². The monoisotopic (exact) mass is 533 g/mol. The summed E-state index contributed by atoms with van der Waals surface area (Å²) in [5.41, 5.74) is 1.42. The molecule has 1 aliphatic rings. The van der Waals surface area contributed by atoms with Crippen molar-refractivity contribution >= 4 is 19.2 Å². The third kappa shape index (κ3) is 7.47. The fraction of sp³-hybridized carbons (Fsp3) is 0.567. The third-order valence-corrected chi connectivity index (χ3v) is 10.0. The summed E-state index contributed by atoms with van der Waals surface area (Å²) in [7, 11) is -1.47. The van der Waals surface area contributed by atoms with Crippen molar-refractivity contribution in [3.8, 4) is 0 Å². The Morgan fingerprint density at radius 2 is 1.59 bits per heavy atom. The molecular weight excluding hydrogens is 491 g/mol. The number of hydrogen-bond acceptors (Lipinski definition) is 2. The van der Waals surface area contributed by atoms with Crippen molar-refractivity contribution in [2.24, 2.45) is 17.8 Å². The molecule has 2 aromatic rings. The number of halogens is 3. The summed E-state index contributed by atoms with van der Waals surface area (Å²) in [6, 6.07) is 14.4. The molecule has 7 heteroatoms. The van der Waals surface area contributed by atoms with E-state index in [9.17, 15) is 23.1 Å².